The summed E-state index contributed by atoms with van der Waals surface area (Å²) in [4.78, 5) is 13.1. The molecule has 1 aliphatic carbocycles. The Labute approximate surface area is 167 Å². The quantitative estimate of drug-likeness (QED) is 0.727. The fourth-order valence-electron chi connectivity index (χ4n) is 3.25. The standard InChI is InChI=1S/C20H21F2NO5S/c1-13-4-7-15(8-5-13)29(25,26)20(10-3-11-20)18(24)23-14-6-9-16(27-2)17(12-14)28-19(21)22/h4-9,12,19H,3,10-11H2,1-2H3,(H,23,24). The Balaban J connectivity index is 1.89. The van der Waals surface area contributed by atoms with Crippen LogP contribution < -0.4 is 14.8 Å². The average Bonchev–Trinajstić information content (AvgIpc) is 2.60. The number of hydrogen-bond acceptors (Lipinski definition) is 5. The highest BCUT2D eigenvalue weighted by atomic mass is 32.2. The van der Waals surface area contributed by atoms with Gasteiger partial charge in [-0.15, -0.1) is 0 Å². The number of benzene rings is 2. The number of halogens is 2. The highest BCUT2D eigenvalue weighted by Crippen LogP contribution is 2.44. The molecule has 0 bridgehead atoms. The van der Waals surface area contributed by atoms with Gasteiger partial charge in [0.25, 0.3) is 0 Å². The smallest absolute Gasteiger partial charge is 0.387 e. The summed E-state index contributed by atoms with van der Waals surface area (Å²) < 4.78 is 59.4. The minimum absolute atomic E-state index is 0.0638. The van der Waals surface area contributed by atoms with E-state index in [0.29, 0.717) is 6.42 Å². The summed E-state index contributed by atoms with van der Waals surface area (Å²) in [6.07, 6.45) is 0.970. The summed E-state index contributed by atoms with van der Waals surface area (Å²) >= 11 is 0. The number of sulfone groups is 1. The van der Waals surface area contributed by atoms with Crippen molar-refractivity contribution in [2.75, 3.05) is 12.4 Å². The number of rotatable bonds is 7. The second-order valence-corrected chi connectivity index (χ2v) is 9.12. The van der Waals surface area contributed by atoms with Gasteiger partial charge in [-0.2, -0.15) is 8.78 Å². The van der Waals surface area contributed by atoms with Crippen molar-refractivity contribution in [2.45, 2.75) is 42.4 Å². The third kappa shape index (κ3) is 3.91. The van der Waals surface area contributed by atoms with Crippen molar-refractivity contribution in [1.29, 1.82) is 0 Å². The molecular weight excluding hydrogens is 404 g/mol. The van der Waals surface area contributed by atoms with Gasteiger partial charge in [-0.1, -0.05) is 17.7 Å². The highest BCUT2D eigenvalue weighted by Gasteiger charge is 2.55. The SMILES string of the molecule is COc1ccc(NC(=O)C2(S(=O)(=O)c3ccc(C)cc3)CCC2)cc1OC(F)F. The molecule has 0 aromatic heterocycles. The molecule has 1 fully saturated rings. The summed E-state index contributed by atoms with van der Waals surface area (Å²) in [5.74, 6) is -0.893. The second-order valence-electron chi connectivity index (χ2n) is 6.86. The summed E-state index contributed by atoms with van der Waals surface area (Å²) in [6.45, 7) is -1.24. The monoisotopic (exact) mass is 425 g/mol. The van der Waals surface area contributed by atoms with Crippen LogP contribution in [0.2, 0.25) is 0 Å². The molecule has 0 saturated heterocycles. The van der Waals surface area contributed by atoms with Crippen molar-refractivity contribution in [3.63, 3.8) is 0 Å². The number of aryl methyl sites for hydroxylation is 1. The van der Waals surface area contributed by atoms with E-state index in [0.717, 1.165) is 5.56 Å². The zero-order valence-corrected chi connectivity index (χ0v) is 16.8. The molecule has 0 spiro atoms. The van der Waals surface area contributed by atoms with Crippen LogP contribution in [0.1, 0.15) is 24.8 Å². The van der Waals surface area contributed by atoms with Crippen LogP contribution in [0.5, 0.6) is 11.5 Å². The maximum atomic E-state index is 13.2. The van der Waals surface area contributed by atoms with Gasteiger partial charge in [0.15, 0.2) is 26.1 Å². The van der Waals surface area contributed by atoms with Crippen molar-refractivity contribution in [1.82, 2.24) is 0 Å². The van der Waals surface area contributed by atoms with Crippen molar-refractivity contribution in [3.8, 4) is 11.5 Å². The van der Waals surface area contributed by atoms with Crippen LogP contribution in [0, 0.1) is 6.92 Å². The fourth-order valence-corrected chi connectivity index (χ4v) is 5.31. The first-order chi connectivity index (χ1) is 13.7. The number of nitrogens with one attached hydrogen (secondary N) is 1. The molecule has 0 aliphatic heterocycles. The van der Waals surface area contributed by atoms with E-state index in [2.05, 4.69) is 10.1 Å². The summed E-state index contributed by atoms with van der Waals surface area (Å²) in [5.41, 5.74) is 1.04. The van der Waals surface area contributed by atoms with E-state index in [9.17, 15) is 22.0 Å². The van der Waals surface area contributed by atoms with E-state index in [1.165, 1.54) is 37.4 Å². The molecule has 0 heterocycles. The third-order valence-electron chi connectivity index (χ3n) is 5.06. The van der Waals surface area contributed by atoms with Gasteiger partial charge < -0.3 is 14.8 Å². The Bertz CT molecular complexity index is 1000. The molecule has 2 aromatic rings. The summed E-state index contributed by atoms with van der Waals surface area (Å²) in [5, 5.41) is 2.54. The van der Waals surface area contributed by atoms with E-state index >= 15 is 0 Å². The molecule has 1 amide bonds. The Morgan fingerprint density at radius 1 is 1.10 bits per heavy atom. The Morgan fingerprint density at radius 2 is 1.76 bits per heavy atom. The largest absolute Gasteiger partial charge is 0.493 e. The molecule has 156 valence electrons. The van der Waals surface area contributed by atoms with Crippen LogP contribution in [-0.2, 0) is 14.6 Å². The lowest BCUT2D eigenvalue weighted by molar-refractivity contribution is -0.120. The molecular formula is C20H21F2NO5S. The van der Waals surface area contributed by atoms with Crippen LogP contribution in [0.25, 0.3) is 0 Å². The maximum absolute atomic E-state index is 13.2. The number of carbonyl (C=O) groups is 1. The van der Waals surface area contributed by atoms with Gasteiger partial charge in [0, 0.05) is 11.8 Å². The molecule has 9 heteroatoms. The van der Waals surface area contributed by atoms with Crippen LogP contribution in [0.15, 0.2) is 47.4 Å². The van der Waals surface area contributed by atoms with Gasteiger partial charge in [-0.3, -0.25) is 4.79 Å². The number of anilines is 1. The molecule has 1 saturated carbocycles. The van der Waals surface area contributed by atoms with E-state index in [-0.39, 0.29) is 34.9 Å². The van der Waals surface area contributed by atoms with Crippen molar-refractivity contribution >= 4 is 21.4 Å². The Kier molecular flexibility index (Phi) is 5.79. The predicted octanol–water partition coefficient (Wildman–Crippen LogP) is 3.94. The molecule has 0 unspecified atom stereocenters. The third-order valence-corrected chi connectivity index (χ3v) is 7.57. The minimum atomic E-state index is -3.93. The molecule has 2 aromatic carbocycles. The normalized spacial score (nSPS) is 15.5. The number of carbonyl (C=O) groups excluding carboxylic acids is 1. The summed E-state index contributed by atoms with van der Waals surface area (Å²) in [6, 6.07) is 10.3. The summed E-state index contributed by atoms with van der Waals surface area (Å²) in [7, 11) is -2.63. The number of amides is 1. The molecule has 1 N–H and O–H groups in total. The van der Waals surface area contributed by atoms with Crippen molar-refractivity contribution in [3.05, 3.63) is 48.0 Å². The number of ether oxygens (including phenoxy) is 2. The van der Waals surface area contributed by atoms with Gasteiger partial charge in [0.1, 0.15) is 0 Å². The Morgan fingerprint density at radius 3 is 2.28 bits per heavy atom. The van der Waals surface area contributed by atoms with Crippen molar-refractivity contribution in [2.24, 2.45) is 0 Å². The van der Waals surface area contributed by atoms with Gasteiger partial charge in [-0.25, -0.2) is 8.42 Å². The second kappa shape index (κ2) is 7.98. The van der Waals surface area contributed by atoms with Gasteiger partial charge in [0.2, 0.25) is 5.91 Å². The predicted molar refractivity (Wildman–Crippen MR) is 103 cm³/mol. The molecule has 6 nitrogen and oxygen atoms in total. The first kappa shape index (κ1) is 21.0. The number of methoxy groups -OCH3 is 1. The van der Waals surface area contributed by atoms with Gasteiger partial charge in [0.05, 0.1) is 12.0 Å². The fraction of sp³-hybridized carbons (Fsp3) is 0.350. The lowest BCUT2D eigenvalue weighted by Gasteiger charge is -2.39. The van der Waals surface area contributed by atoms with Crippen LogP contribution in [0.4, 0.5) is 14.5 Å². The molecule has 0 atom stereocenters. The van der Waals surface area contributed by atoms with E-state index in [1.54, 1.807) is 12.1 Å². The first-order valence-corrected chi connectivity index (χ1v) is 10.4. The molecule has 1 aliphatic rings. The van der Waals surface area contributed by atoms with Crippen LogP contribution in [0.3, 0.4) is 0 Å². The van der Waals surface area contributed by atoms with Crippen LogP contribution >= 0.6 is 0 Å². The first-order valence-electron chi connectivity index (χ1n) is 8.95. The van der Waals surface area contributed by atoms with E-state index < -0.39 is 27.1 Å². The average molecular weight is 425 g/mol. The zero-order chi connectivity index (χ0) is 21.2. The Hall–Kier alpha value is -2.68. The van der Waals surface area contributed by atoms with Gasteiger partial charge in [-0.05, 0) is 50.5 Å². The number of hydrogen-bond donors (Lipinski definition) is 1. The van der Waals surface area contributed by atoms with Crippen molar-refractivity contribution < 1.29 is 31.5 Å². The topological polar surface area (TPSA) is 81.7 Å². The molecule has 3 rings (SSSR count). The lowest BCUT2D eigenvalue weighted by atomic mass is 9.83. The lowest BCUT2D eigenvalue weighted by Crippen LogP contribution is -2.54. The minimum Gasteiger partial charge on any atom is -0.493 e. The maximum Gasteiger partial charge on any atom is 0.387 e. The van der Waals surface area contributed by atoms with Crippen LogP contribution in [-0.4, -0.2) is 32.8 Å². The number of alkyl halides is 2. The zero-order valence-electron chi connectivity index (χ0n) is 15.9. The van der Waals surface area contributed by atoms with E-state index in [4.69, 9.17) is 4.74 Å². The highest BCUT2D eigenvalue weighted by molar-refractivity contribution is 7.93. The molecule has 0 radical (unpaired) electrons. The molecule has 29 heavy (non-hydrogen) atoms. The van der Waals surface area contributed by atoms with E-state index in [1.807, 2.05) is 6.92 Å². The van der Waals surface area contributed by atoms with Gasteiger partial charge >= 0.3 is 6.61 Å².